The van der Waals surface area contributed by atoms with Crippen LogP contribution in [0.2, 0.25) is 0 Å². The number of carbonyl (C=O) groups is 1. The standard InChI is InChI=1S/C18H14FN3O2S/c1-9-3-2-4-11(15(9)20)16(21)18-22-13(8-23)17(25-18)10-5-6-12(19)14(24)7-10/h2-8,21,24H,20H2,1H3. The molecule has 126 valence electrons. The number of nitrogens with two attached hydrogens (primary N) is 1. The van der Waals surface area contributed by atoms with Gasteiger partial charge in [-0.1, -0.05) is 24.3 Å². The molecule has 25 heavy (non-hydrogen) atoms. The Labute approximate surface area is 147 Å². The molecule has 0 unspecified atom stereocenters. The van der Waals surface area contributed by atoms with Crippen molar-refractivity contribution in [3.8, 4) is 16.2 Å². The summed E-state index contributed by atoms with van der Waals surface area (Å²) in [7, 11) is 0. The quantitative estimate of drug-likeness (QED) is 0.377. The molecular weight excluding hydrogens is 341 g/mol. The Morgan fingerprint density at radius 1 is 1.36 bits per heavy atom. The predicted molar refractivity (Wildman–Crippen MR) is 96.1 cm³/mol. The molecule has 0 fully saturated rings. The molecule has 4 N–H and O–H groups in total. The number of phenolic OH excluding ortho intramolecular Hbond substituents is 1. The van der Waals surface area contributed by atoms with E-state index in [-0.39, 0.29) is 11.4 Å². The zero-order valence-electron chi connectivity index (χ0n) is 13.2. The topological polar surface area (TPSA) is 100 Å². The summed E-state index contributed by atoms with van der Waals surface area (Å²) in [5.74, 6) is -1.26. The highest BCUT2D eigenvalue weighted by Crippen LogP contribution is 2.34. The van der Waals surface area contributed by atoms with Crippen molar-refractivity contribution in [2.75, 3.05) is 5.73 Å². The second-order valence-corrected chi connectivity index (χ2v) is 6.43. The number of benzene rings is 2. The zero-order chi connectivity index (χ0) is 18.1. The monoisotopic (exact) mass is 355 g/mol. The number of anilines is 1. The minimum Gasteiger partial charge on any atom is -0.505 e. The number of para-hydroxylation sites is 1. The van der Waals surface area contributed by atoms with Crippen LogP contribution in [0.5, 0.6) is 5.75 Å². The van der Waals surface area contributed by atoms with Crippen LogP contribution in [0.25, 0.3) is 10.4 Å². The van der Waals surface area contributed by atoms with Crippen molar-refractivity contribution in [2.45, 2.75) is 6.92 Å². The summed E-state index contributed by atoms with van der Waals surface area (Å²) in [6.07, 6.45) is 0.572. The number of aryl methyl sites for hydroxylation is 1. The number of rotatable bonds is 4. The molecule has 5 nitrogen and oxygen atoms in total. The van der Waals surface area contributed by atoms with Crippen LogP contribution in [0.15, 0.2) is 36.4 Å². The number of aldehydes is 1. The number of nitrogen functional groups attached to an aromatic ring is 1. The van der Waals surface area contributed by atoms with Gasteiger partial charge in [0.25, 0.3) is 0 Å². The van der Waals surface area contributed by atoms with Crippen molar-refractivity contribution in [3.05, 3.63) is 64.0 Å². The van der Waals surface area contributed by atoms with Gasteiger partial charge in [0.2, 0.25) is 0 Å². The maximum absolute atomic E-state index is 13.3. The summed E-state index contributed by atoms with van der Waals surface area (Å²) in [6.45, 7) is 1.84. The fourth-order valence-corrected chi connectivity index (χ4v) is 3.39. The van der Waals surface area contributed by atoms with Crippen LogP contribution >= 0.6 is 11.3 Å². The van der Waals surface area contributed by atoms with Gasteiger partial charge in [0, 0.05) is 11.3 Å². The summed E-state index contributed by atoms with van der Waals surface area (Å²) in [4.78, 5) is 16.0. The molecule has 0 atom stereocenters. The highest BCUT2D eigenvalue weighted by atomic mass is 32.1. The first-order chi connectivity index (χ1) is 11.9. The lowest BCUT2D eigenvalue weighted by Crippen LogP contribution is -2.06. The molecule has 7 heteroatoms. The van der Waals surface area contributed by atoms with E-state index in [1.54, 1.807) is 12.1 Å². The molecule has 3 aromatic rings. The number of hydrogen-bond acceptors (Lipinski definition) is 6. The molecule has 0 saturated heterocycles. The number of hydrogen-bond donors (Lipinski definition) is 3. The number of thiazole rings is 1. The van der Waals surface area contributed by atoms with Crippen LogP contribution < -0.4 is 5.73 Å². The summed E-state index contributed by atoms with van der Waals surface area (Å²) in [5, 5.41) is 18.2. The van der Waals surface area contributed by atoms with E-state index >= 15 is 0 Å². The molecule has 2 aromatic carbocycles. The molecule has 1 heterocycles. The molecule has 0 aliphatic heterocycles. The predicted octanol–water partition coefficient (Wildman–Crippen LogP) is 3.77. The lowest BCUT2D eigenvalue weighted by atomic mass is 10.0. The van der Waals surface area contributed by atoms with E-state index in [2.05, 4.69) is 4.98 Å². The van der Waals surface area contributed by atoms with Gasteiger partial charge in [-0.05, 0) is 30.2 Å². The van der Waals surface area contributed by atoms with Gasteiger partial charge in [-0.2, -0.15) is 0 Å². The molecule has 0 aliphatic carbocycles. The van der Waals surface area contributed by atoms with E-state index in [4.69, 9.17) is 11.1 Å². The zero-order valence-corrected chi connectivity index (χ0v) is 14.0. The van der Waals surface area contributed by atoms with Gasteiger partial charge in [0.05, 0.1) is 10.6 Å². The third-order valence-electron chi connectivity index (χ3n) is 3.78. The Morgan fingerprint density at radius 3 is 2.80 bits per heavy atom. The molecule has 0 bridgehead atoms. The number of nitrogens with one attached hydrogen (secondary N) is 1. The molecule has 1 aromatic heterocycles. The molecule has 0 saturated carbocycles. The van der Waals surface area contributed by atoms with Crippen LogP contribution in [0.1, 0.15) is 26.6 Å². The van der Waals surface area contributed by atoms with Gasteiger partial charge in [-0.15, -0.1) is 11.3 Å². The number of phenols is 1. The number of halogens is 1. The Hall–Kier alpha value is -3.06. The van der Waals surface area contributed by atoms with E-state index < -0.39 is 11.6 Å². The van der Waals surface area contributed by atoms with Gasteiger partial charge in [-0.25, -0.2) is 9.37 Å². The summed E-state index contributed by atoms with van der Waals surface area (Å²) in [5.41, 5.74) is 8.58. The van der Waals surface area contributed by atoms with Gasteiger partial charge < -0.3 is 10.8 Å². The van der Waals surface area contributed by atoms with Crippen molar-refractivity contribution in [1.29, 1.82) is 5.41 Å². The minimum absolute atomic E-state index is 0.104. The molecule has 0 radical (unpaired) electrons. The van der Waals surface area contributed by atoms with Crippen molar-refractivity contribution in [3.63, 3.8) is 0 Å². The average molecular weight is 355 g/mol. The van der Waals surface area contributed by atoms with Crippen LogP contribution in [-0.4, -0.2) is 22.1 Å². The van der Waals surface area contributed by atoms with Gasteiger partial charge in [-0.3, -0.25) is 10.2 Å². The first-order valence-corrected chi connectivity index (χ1v) is 8.13. The third-order valence-corrected chi connectivity index (χ3v) is 4.92. The Kier molecular flexibility index (Phi) is 4.33. The summed E-state index contributed by atoms with van der Waals surface area (Å²) < 4.78 is 13.3. The van der Waals surface area contributed by atoms with Crippen molar-refractivity contribution in [1.82, 2.24) is 4.98 Å². The Balaban J connectivity index is 2.09. The highest BCUT2D eigenvalue weighted by molar-refractivity contribution is 7.17. The van der Waals surface area contributed by atoms with Gasteiger partial charge >= 0.3 is 0 Å². The summed E-state index contributed by atoms with van der Waals surface area (Å²) in [6, 6.07) is 9.15. The van der Waals surface area contributed by atoms with Crippen molar-refractivity contribution in [2.24, 2.45) is 0 Å². The highest BCUT2D eigenvalue weighted by Gasteiger charge is 2.19. The normalized spacial score (nSPS) is 10.6. The third kappa shape index (κ3) is 3.01. The second-order valence-electron chi connectivity index (χ2n) is 5.43. The number of aromatic hydroxyl groups is 1. The lowest BCUT2D eigenvalue weighted by Gasteiger charge is -2.07. The van der Waals surface area contributed by atoms with E-state index in [0.717, 1.165) is 23.0 Å². The molecule has 0 spiro atoms. The molecule has 0 aliphatic rings. The SMILES string of the molecule is Cc1cccc(C(=N)c2nc(C=O)c(-c3ccc(F)c(O)c3)s2)c1N. The molecule has 0 amide bonds. The second kappa shape index (κ2) is 6.45. The van der Waals surface area contributed by atoms with E-state index in [9.17, 15) is 14.3 Å². The fraction of sp³-hybridized carbons (Fsp3) is 0.0556. The first-order valence-electron chi connectivity index (χ1n) is 7.31. The smallest absolute Gasteiger partial charge is 0.169 e. The number of carbonyl (C=O) groups excluding carboxylic acids is 1. The van der Waals surface area contributed by atoms with Crippen molar-refractivity contribution < 1.29 is 14.3 Å². The largest absolute Gasteiger partial charge is 0.505 e. The van der Waals surface area contributed by atoms with E-state index in [0.29, 0.717) is 33.0 Å². The first kappa shape index (κ1) is 16.8. The number of aromatic nitrogens is 1. The van der Waals surface area contributed by atoms with Crippen LogP contribution in [-0.2, 0) is 0 Å². The maximum Gasteiger partial charge on any atom is 0.169 e. The van der Waals surface area contributed by atoms with Crippen LogP contribution in [0, 0.1) is 18.2 Å². The Morgan fingerprint density at radius 2 is 2.12 bits per heavy atom. The molecular formula is C18H14FN3O2S. The van der Waals surface area contributed by atoms with Gasteiger partial charge in [0.1, 0.15) is 10.7 Å². The van der Waals surface area contributed by atoms with Crippen LogP contribution in [0.3, 0.4) is 0 Å². The summed E-state index contributed by atoms with van der Waals surface area (Å²) >= 11 is 1.11. The minimum atomic E-state index is -0.749. The fourth-order valence-electron chi connectivity index (χ4n) is 2.39. The van der Waals surface area contributed by atoms with Gasteiger partial charge in [0.15, 0.2) is 17.9 Å². The molecule has 3 rings (SSSR count). The van der Waals surface area contributed by atoms with Crippen molar-refractivity contribution >= 4 is 29.0 Å². The van der Waals surface area contributed by atoms with Crippen LogP contribution in [0.4, 0.5) is 10.1 Å². The Bertz CT molecular complexity index is 998. The van der Waals surface area contributed by atoms with E-state index in [1.807, 2.05) is 13.0 Å². The number of nitrogens with zero attached hydrogens (tertiary/aromatic N) is 1. The van der Waals surface area contributed by atoms with E-state index in [1.165, 1.54) is 12.1 Å². The average Bonchev–Trinajstić information content (AvgIpc) is 3.03. The maximum atomic E-state index is 13.3. The lowest BCUT2D eigenvalue weighted by molar-refractivity contribution is 0.112.